The molecule has 1 saturated heterocycles. The van der Waals surface area contributed by atoms with E-state index in [-0.39, 0.29) is 11.3 Å². The normalized spacial score (nSPS) is 20.1. The first-order valence-electron chi connectivity index (χ1n) is 5.35. The molecule has 3 heteroatoms. The van der Waals surface area contributed by atoms with Crippen molar-refractivity contribution in [1.29, 1.82) is 0 Å². The van der Waals surface area contributed by atoms with Gasteiger partial charge in [-0.05, 0) is 32.4 Å². The molecular formula is C11H20N2O. The minimum atomic E-state index is -0.131. The van der Waals surface area contributed by atoms with Crippen LogP contribution in [-0.2, 0) is 4.79 Å². The third kappa shape index (κ3) is 2.35. The Bertz CT molecular complexity index is 207. The molecule has 0 saturated carbocycles. The fraction of sp³-hybridized carbons (Fsp3) is 0.727. The number of piperidine rings is 1. The third-order valence-electron chi connectivity index (χ3n) is 3.13. The summed E-state index contributed by atoms with van der Waals surface area (Å²) in [5.41, 5.74) is -0.131. The molecule has 1 heterocycles. The molecule has 0 atom stereocenters. The van der Waals surface area contributed by atoms with Crippen LogP contribution in [0.2, 0.25) is 0 Å². The second-order valence-electron chi connectivity index (χ2n) is 3.88. The van der Waals surface area contributed by atoms with Crippen molar-refractivity contribution in [2.75, 3.05) is 19.6 Å². The summed E-state index contributed by atoms with van der Waals surface area (Å²) >= 11 is 0. The zero-order valence-electron chi connectivity index (χ0n) is 8.94. The summed E-state index contributed by atoms with van der Waals surface area (Å²) in [6, 6.07) is 0. The van der Waals surface area contributed by atoms with Gasteiger partial charge in [-0.25, -0.2) is 0 Å². The van der Waals surface area contributed by atoms with E-state index in [2.05, 4.69) is 24.1 Å². The van der Waals surface area contributed by atoms with Crippen LogP contribution in [0.4, 0.5) is 0 Å². The molecule has 0 aromatic rings. The zero-order valence-corrected chi connectivity index (χ0v) is 8.94. The molecule has 0 unspecified atom stereocenters. The van der Waals surface area contributed by atoms with Crippen LogP contribution < -0.4 is 10.6 Å². The Hall–Kier alpha value is -0.830. The Morgan fingerprint density at radius 1 is 1.57 bits per heavy atom. The van der Waals surface area contributed by atoms with Gasteiger partial charge in [0.1, 0.15) is 0 Å². The van der Waals surface area contributed by atoms with E-state index >= 15 is 0 Å². The van der Waals surface area contributed by atoms with Gasteiger partial charge in [0.25, 0.3) is 0 Å². The van der Waals surface area contributed by atoms with Gasteiger partial charge in [-0.1, -0.05) is 13.0 Å². The van der Waals surface area contributed by atoms with E-state index in [0.29, 0.717) is 6.54 Å². The molecule has 0 aliphatic carbocycles. The van der Waals surface area contributed by atoms with Crippen LogP contribution in [0, 0.1) is 5.41 Å². The quantitative estimate of drug-likeness (QED) is 0.660. The summed E-state index contributed by atoms with van der Waals surface area (Å²) in [5, 5.41) is 6.19. The highest BCUT2D eigenvalue weighted by atomic mass is 16.2. The molecule has 1 aliphatic rings. The highest BCUT2D eigenvalue weighted by Gasteiger charge is 2.37. The lowest BCUT2D eigenvalue weighted by Gasteiger charge is -2.35. The van der Waals surface area contributed by atoms with Gasteiger partial charge in [0, 0.05) is 6.54 Å². The van der Waals surface area contributed by atoms with E-state index in [1.165, 1.54) is 0 Å². The van der Waals surface area contributed by atoms with Gasteiger partial charge >= 0.3 is 0 Å². The predicted molar refractivity (Wildman–Crippen MR) is 58.0 cm³/mol. The number of amides is 1. The molecule has 3 nitrogen and oxygen atoms in total. The van der Waals surface area contributed by atoms with Crippen LogP contribution in [0.1, 0.15) is 26.2 Å². The van der Waals surface area contributed by atoms with Crippen molar-refractivity contribution in [3.63, 3.8) is 0 Å². The molecular weight excluding hydrogens is 176 g/mol. The maximum atomic E-state index is 11.9. The molecule has 0 bridgehead atoms. The largest absolute Gasteiger partial charge is 0.352 e. The van der Waals surface area contributed by atoms with Crippen LogP contribution in [0.25, 0.3) is 0 Å². The average molecular weight is 196 g/mol. The lowest BCUT2D eigenvalue weighted by molar-refractivity contribution is -0.132. The van der Waals surface area contributed by atoms with Crippen LogP contribution >= 0.6 is 0 Å². The third-order valence-corrected chi connectivity index (χ3v) is 3.13. The Morgan fingerprint density at radius 3 is 2.71 bits per heavy atom. The Labute approximate surface area is 86.0 Å². The van der Waals surface area contributed by atoms with Crippen molar-refractivity contribution in [3.05, 3.63) is 12.7 Å². The summed E-state index contributed by atoms with van der Waals surface area (Å²) < 4.78 is 0. The van der Waals surface area contributed by atoms with Crippen LogP contribution in [-0.4, -0.2) is 25.5 Å². The number of hydrogen-bond donors (Lipinski definition) is 2. The van der Waals surface area contributed by atoms with E-state index in [9.17, 15) is 4.79 Å². The fourth-order valence-corrected chi connectivity index (χ4v) is 2.00. The fourth-order valence-electron chi connectivity index (χ4n) is 2.00. The molecule has 0 radical (unpaired) electrons. The molecule has 0 aromatic carbocycles. The second kappa shape index (κ2) is 5.15. The minimum absolute atomic E-state index is 0.131. The molecule has 1 rings (SSSR count). The monoisotopic (exact) mass is 196 g/mol. The van der Waals surface area contributed by atoms with Crippen LogP contribution in [0.3, 0.4) is 0 Å². The first kappa shape index (κ1) is 11.2. The lowest BCUT2D eigenvalue weighted by atomic mass is 9.76. The predicted octanol–water partition coefficient (Wildman–Crippen LogP) is 1.07. The summed E-state index contributed by atoms with van der Waals surface area (Å²) in [4.78, 5) is 11.9. The van der Waals surface area contributed by atoms with Crippen molar-refractivity contribution in [1.82, 2.24) is 10.6 Å². The number of rotatable bonds is 4. The van der Waals surface area contributed by atoms with Gasteiger partial charge < -0.3 is 10.6 Å². The molecule has 1 aliphatic heterocycles. The molecule has 0 aromatic heterocycles. The van der Waals surface area contributed by atoms with Crippen molar-refractivity contribution in [2.24, 2.45) is 5.41 Å². The van der Waals surface area contributed by atoms with Gasteiger partial charge in [-0.2, -0.15) is 0 Å². The number of nitrogens with one attached hydrogen (secondary N) is 2. The van der Waals surface area contributed by atoms with Gasteiger partial charge in [-0.3, -0.25) is 4.79 Å². The van der Waals surface area contributed by atoms with Crippen molar-refractivity contribution in [3.8, 4) is 0 Å². The van der Waals surface area contributed by atoms with E-state index < -0.39 is 0 Å². The van der Waals surface area contributed by atoms with Crippen molar-refractivity contribution < 1.29 is 4.79 Å². The molecule has 0 spiro atoms. The van der Waals surface area contributed by atoms with Crippen molar-refractivity contribution >= 4 is 5.91 Å². The smallest absolute Gasteiger partial charge is 0.226 e. The van der Waals surface area contributed by atoms with Gasteiger partial charge in [-0.15, -0.1) is 6.58 Å². The van der Waals surface area contributed by atoms with Gasteiger partial charge in [0.15, 0.2) is 0 Å². The standard InChI is InChI=1S/C11H20N2O/c1-3-7-13-10(14)11(4-2)5-8-12-9-6-11/h3,12H,1,4-9H2,2H3,(H,13,14). The van der Waals surface area contributed by atoms with E-state index in [0.717, 1.165) is 32.4 Å². The van der Waals surface area contributed by atoms with Crippen LogP contribution in [0.5, 0.6) is 0 Å². The maximum absolute atomic E-state index is 11.9. The molecule has 80 valence electrons. The topological polar surface area (TPSA) is 41.1 Å². The Balaban J connectivity index is 2.57. The summed E-state index contributed by atoms with van der Waals surface area (Å²) in [7, 11) is 0. The SMILES string of the molecule is C=CCNC(=O)C1(CC)CCNCC1. The maximum Gasteiger partial charge on any atom is 0.226 e. The summed E-state index contributed by atoms with van der Waals surface area (Å²) in [6.07, 6.45) is 4.55. The average Bonchev–Trinajstić information content (AvgIpc) is 2.26. The van der Waals surface area contributed by atoms with E-state index in [1.807, 2.05) is 0 Å². The zero-order chi connectivity index (χ0) is 10.4. The number of hydrogen-bond acceptors (Lipinski definition) is 2. The second-order valence-corrected chi connectivity index (χ2v) is 3.88. The molecule has 14 heavy (non-hydrogen) atoms. The number of carbonyl (C=O) groups excluding carboxylic acids is 1. The summed E-state index contributed by atoms with van der Waals surface area (Å²) in [6.45, 7) is 8.18. The Morgan fingerprint density at radius 2 is 2.21 bits per heavy atom. The first-order chi connectivity index (χ1) is 6.75. The Kier molecular flexibility index (Phi) is 4.14. The highest BCUT2D eigenvalue weighted by Crippen LogP contribution is 2.32. The minimum Gasteiger partial charge on any atom is -0.352 e. The first-order valence-corrected chi connectivity index (χ1v) is 5.35. The summed E-state index contributed by atoms with van der Waals surface area (Å²) in [5.74, 6) is 0.196. The molecule has 1 fully saturated rings. The van der Waals surface area contributed by atoms with Crippen LogP contribution in [0.15, 0.2) is 12.7 Å². The van der Waals surface area contributed by atoms with E-state index in [1.54, 1.807) is 6.08 Å². The number of carbonyl (C=O) groups is 1. The lowest BCUT2D eigenvalue weighted by Crippen LogP contribution is -2.47. The molecule has 1 amide bonds. The van der Waals surface area contributed by atoms with E-state index in [4.69, 9.17) is 0 Å². The van der Waals surface area contributed by atoms with Gasteiger partial charge in [0.05, 0.1) is 5.41 Å². The van der Waals surface area contributed by atoms with Gasteiger partial charge in [0.2, 0.25) is 5.91 Å². The molecule has 2 N–H and O–H groups in total. The highest BCUT2D eigenvalue weighted by molar-refractivity contribution is 5.82. The van der Waals surface area contributed by atoms with Crippen molar-refractivity contribution in [2.45, 2.75) is 26.2 Å².